The lowest BCUT2D eigenvalue weighted by molar-refractivity contribution is 0.237. The second-order valence-corrected chi connectivity index (χ2v) is 7.50. The molecule has 0 radical (unpaired) electrons. The highest BCUT2D eigenvalue weighted by Gasteiger charge is 2.26. The van der Waals surface area contributed by atoms with Crippen LogP contribution in [0.25, 0.3) is 6.08 Å². The Hall–Kier alpha value is -1.34. The molecule has 1 aliphatic rings. The standard InChI is InChI=1S/C21H30O/c1-16(15-22)13-19-9-5-8-18(14-19)10-11-20-17(2)7-6-12-21(20,3)4/h5,8-11,14,16,22H,6-7,12-13,15H2,1-4H3. The zero-order chi connectivity index (χ0) is 16.2. The Morgan fingerprint density at radius 3 is 2.73 bits per heavy atom. The van der Waals surface area contributed by atoms with E-state index in [4.69, 9.17) is 0 Å². The lowest BCUT2D eigenvalue weighted by Crippen LogP contribution is -2.18. The van der Waals surface area contributed by atoms with Crippen LogP contribution in [0, 0.1) is 11.3 Å². The van der Waals surface area contributed by atoms with Crippen molar-refractivity contribution in [3.05, 3.63) is 52.6 Å². The number of rotatable bonds is 5. The highest BCUT2D eigenvalue weighted by molar-refractivity contribution is 5.55. The maximum Gasteiger partial charge on any atom is 0.0459 e. The highest BCUT2D eigenvalue weighted by Crippen LogP contribution is 2.40. The molecule has 1 unspecified atom stereocenters. The van der Waals surface area contributed by atoms with E-state index in [2.05, 4.69) is 64.1 Å². The van der Waals surface area contributed by atoms with Crippen molar-refractivity contribution < 1.29 is 5.11 Å². The molecule has 0 saturated carbocycles. The molecule has 1 aliphatic carbocycles. The Bertz CT molecular complexity index is 563. The first kappa shape index (κ1) is 17.0. The van der Waals surface area contributed by atoms with E-state index in [1.165, 1.54) is 41.5 Å². The molecule has 0 bridgehead atoms. The first-order valence-corrected chi connectivity index (χ1v) is 8.50. The summed E-state index contributed by atoms with van der Waals surface area (Å²) in [5.41, 5.74) is 5.90. The van der Waals surface area contributed by atoms with Crippen LogP contribution in [0.2, 0.25) is 0 Å². The van der Waals surface area contributed by atoms with Crippen LogP contribution in [0.1, 0.15) is 58.1 Å². The molecule has 0 heterocycles. The van der Waals surface area contributed by atoms with Crippen molar-refractivity contribution in [2.24, 2.45) is 11.3 Å². The molecular formula is C21H30O. The molecule has 1 aromatic rings. The summed E-state index contributed by atoms with van der Waals surface area (Å²) in [6, 6.07) is 8.68. The molecule has 0 spiro atoms. The lowest BCUT2D eigenvalue weighted by atomic mass is 9.72. The molecule has 0 amide bonds. The average molecular weight is 298 g/mol. The first-order valence-electron chi connectivity index (χ1n) is 8.50. The van der Waals surface area contributed by atoms with Gasteiger partial charge in [0.1, 0.15) is 0 Å². The quantitative estimate of drug-likeness (QED) is 0.772. The van der Waals surface area contributed by atoms with Crippen molar-refractivity contribution in [1.82, 2.24) is 0 Å². The molecule has 0 saturated heterocycles. The van der Waals surface area contributed by atoms with Crippen LogP contribution in [0.15, 0.2) is 41.5 Å². The van der Waals surface area contributed by atoms with Gasteiger partial charge in [-0.25, -0.2) is 0 Å². The van der Waals surface area contributed by atoms with Gasteiger partial charge in [-0.15, -0.1) is 0 Å². The van der Waals surface area contributed by atoms with Crippen LogP contribution in [0.5, 0.6) is 0 Å². The van der Waals surface area contributed by atoms with Crippen molar-refractivity contribution >= 4 is 6.08 Å². The van der Waals surface area contributed by atoms with E-state index in [1.807, 2.05) is 0 Å². The van der Waals surface area contributed by atoms with Crippen LogP contribution < -0.4 is 0 Å². The number of aliphatic hydroxyl groups excluding tert-OH is 1. The number of benzene rings is 1. The van der Waals surface area contributed by atoms with Gasteiger partial charge in [-0.05, 0) is 60.6 Å². The fraction of sp³-hybridized carbons (Fsp3) is 0.524. The van der Waals surface area contributed by atoms with E-state index in [1.54, 1.807) is 0 Å². The first-order chi connectivity index (χ1) is 10.4. The van der Waals surface area contributed by atoms with Crippen LogP contribution in [-0.4, -0.2) is 11.7 Å². The third kappa shape index (κ3) is 4.33. The molecule has 1 aromatic carbocycles. The molecule has 1 atom stereocenters. The van der Waals surface area contributed by atoms with Crippen LogP contribution in [-0.2, 0) is 6.42 Å². The van der Waals surface area contributed by atoms with Gasteiger partial charge in [0, 0.05) is 6.61 Å². The van der Waals surface area contributed by atoms with Gasteiger partial charge in [-0.2, -0.15) is 0 Å². The Kier molecular flexibility index (Phi) is 5.63. The summed E-state index contributed by atoms with van der Waals surface area (Å²) in [5.74, 6) is 0.321. The molecule has 0 fully saturated rings. The maximum atomic E-state index is 9.21. The van der Waals surface area contributed by atoms with E-state index in [0.29, 0.717) is 11.3 Å². The third-order valence-corrected chi connectivity index (χ3v) is 4.83. The Balaban J connectivity index is 2.18. The minimum Gasteiger partial charge on any atom is -0.396 e. The summed E-state index contributed by atoms with van der Waals surface area (Å²) in [7, 11) is 0. The van der Waals surface area contributed by atoms with Crippen LogP contribution in [0.4, 0.5) is 0 Å². The van der Waals surface area contributed by atoms with Crippen molar-refractivity contribution in [3.63, 3.8) is 0 Å². The fourth-order valence-corrected chi connectivity index (χ4v) is 3.48. The molecule has 1 nitrogen and oxygen atoms in total. The summed E-state index contributed by atoms with van der Waals surface area (Å²) in [6.45, 7) is 9.32. The topological polar surface area (TPSA) is 20.2 Å². The van der Waals surface area contributed by atoms with Gasteiger partial charge < -0.3 is 5.11 Å². The fourth-order valence-electron chi connectivity index (χ4n) is 3.48. The summed E-state index contributed by atoms with van der Waals surface area (Å²) in [4.78, 5) is 0. The van der Waals surface area contributed by atoms with Crippen molar-refractivity contribution in [1.29, 1.82) is 0 Å². The van der Waals surface area contributed by atoms with Gasteiger partial charge in [0.05, 0.1) is 0 Å². The number of allylic oxidation sites excluding steroid dienone is 3. The van der Waals surface area contributed by atoms with Gasteiger partial charge in [-0.3, -0.25) is 0 Å². The summed E-state index contributed by atoms with van der Waals surface area (Å²) in [6.07, 6.45) is 9.33. The molecule has 1 heteroatoms. The second kappa shape index (κ2) is 7.28. The molecule has 0 aromatic heterocycles. The molecule has 0 aliphatic heterocycles. The van der Waals surface area contributed by atoms with Gasteiger partial charge >= 0.3 is 0 Å². The van der Waals surface area contributed by atoms with E-state index in [0.717, 1.165) is 6.42 Å². The number of hydrogen-bond acceptors (Lipinski definition) is 1. The predicted octanol–water partition coefficient (Wildman–Crippen LogP) is 5.40. The average Bonchev–Trinajstić information content (AvgIpc) is 2.46. The van der Waals surface area contributed by atoms with E-state index < -0.39 is 0 Å². The Labute approximate surface area is 135 Å². The van der Waals surface area contributed by atoms with E-state index in [-0.39, 0.29) is 6.61 Å². The lowest BCUT2D eigenvalue weighted by Gasteiger charge is -2.32. The smallest absolute Gasteiger partial charge is 0.0459 e. The van der Waals surface area contributed by atoms with Gasteiger partial charge in [0.25, 0.3) is 0 Å². The molecule has 120 valence electrons. The number of hydrogen-bond donors (Lipinski definition) is 1. The predicted molar refractivity (Wildman–Crippen MR) is 95.8 cm³/mol. The van der Waals surface area contributed by atoms with Crippen molar-refractivity contribution in [3.8, 4) is 0 Å². The van der Waals surface area contributed by atoms with Crippen LogP contribution >= 0.6 is 0 Å². The van der Waals surface area contributed by atoms with Gasteiger partial charge in [0.2, 0.25) is 0 Å². The summed E-state index contributed by atoms with van der Waals surface area (Å²) in [5, 5.41) is 9.21. The van der Waals surface area contributed by atoms with Crippen molar-refractivity contribution in [2.45, 2.75) is 53.4 Å². The monoisotopic (exact) mass is 298 g/mol. The SMILES string of the molecule is CC1=C(C=Cc2cccc(CC(C)CO)c2)C(C)(C)CCC1. The van der Waals surface area contributed by atoms with Crippen LogP contribution in [0.3, 0.4) is 0 Å². The molecule has 22 heavy (non-hydrogen) atoms. The second-order valence-electron chi connectivity index (χ2n) is 7.50. The molecular weight excluding hydrogens is 268 g/mol. The largest absolute Gasteiger partial charge is 0.396 e. The van der Waals surface area contributed by atoms with E-state index in [9.17, 15) is 5.11 Å². The van der Waals surface area contributed by atoms with Gasteiger partial charge in [0.15, 0.2) is 0 Å². The summed E-state index contributed by atoms with van der Waals surface area (Å²) < 4.78 is 0. The minimum atomic E-state index is 0.250. The van der Waals surface area contributed by atoms with Crippen molar-refractivity contribution in [2.75, 3.05) is 6.61 Å². The zero-order valence-corrected chi connectivity index (χ0v) is 14.5. The maximum absolute atomic E-state index is 9.21. The Morgan fingerprint density at radius 1 is 1.27 bits per heavy atom. The Morgan fingerprint density at radius 2 is 2.05 bits per heavy atom. The number of aliphatic hydroxyl groups is 1. The normalized spacial score (nSPS) is 19.7. The molecule has 1 N–H and O–H groups in total. The van der Waals surface area contributed by atoms with Gasteiger partial charge in [-0.1, -0.05) is 62.8 Å². The molecule has 2 rings (SSSR count). The third-order valence-electron chi connectivity index (χ3n) is 4.83. The zero-order valence-electron chi connectivity index (χ0n) is 14.5. The van der Waals surface area contributed by atoms with E-state index >= 15 is 0 Å². The summed E-state index contributed by atoms with van der Waals surface area (Å²) >= 11 is 0. The minimum absolute atomic E-state index is 0.250. The highest BCUT2D eigenvalue weighted by atomic mass is 16.3.